The van der Waals surface area contributed by atoms with E-state index < -0.39 is 37.9 Å². The fourth-order valence-corrected chi connectivity index (χ4v) is 4.99. The average molecular weight is 519 g/mol. The number of carboxylic acids is 1. The number of aromatic carboxylic acids is 1. The zero-order chi connectivity index (χ0) is 22.9. The van der Waals surface area contributed by atoms with Crippen LogP contribution in [0.4, 0.5) is 5.69 Å². The zero-order valence-electron chi connectivity index (χ0n) is 15.2. The van der Waals surface area contributed by atoms with Gasteiger partial charge in [-0.2, -0.15) is 0 Å². The molecule has 0 fully saturated rings. The highest BCUT2D eigenvalue weighted by Crippen LogP contribution is 2.41. The molecule has 0 aliphatic rings. The first-order valence-electron chi connectivity index (χ1n) is 8.36. The molecule has 6 nitrogen and oxygen atoms in total. The molecule has 3 aromatic rings. The molecule has 0 heterocycles. The number of halogens is 4. The van der Waals surface area contributed by atoms with Crippen molar-refractivity contribution in [1.29, 1.82) is 0 Å². The van der Waals surface area contributed by atoms with Gasteiger partial charge in [0.15, 0.2) is 0 Å². The van der Waals surface area contributed by atoms with Crippen LogP contribution in [-0.4, -0.2) is 25.4 Å². The van der Waals surface area contributed by atoms with E-state index >= 15 is 0 Å². The summed E-state index contributed by atoms with van der Waals surface area (Å²) in [5.74, 6) is -2.44. The number of amides is 1. The van der Waals surface area contributed by atoms with Gasteiger partial charge < -0.3 is 10.4 Å². The van der Waals surface area contributed by atoms with E-state index in [1.54, 1.807) is 18.2 Å². The lowest BCUT2D eigenvalue weighted by atomic mass is 10.1. The van der Waals surface area contributed by atoms with Crippen LogP contribution in [0.5, 0.6) is 0 Å². The molecule has 0 spiro atoms. The molecule has 0 unspecified atom stereocenters. The predicted octanol–water partition coefficient (Wildman–Crippen LogP) is 6.08. The van der Waals surface area contributed by atoms with E-state index in [0.717, 1.165) is 0 Å². The number of carboxylic acid groups (broad SMARTS) is 1. The van der Waals surface area contributed by atoms with E-state index in [4.69, 9.17) is 46.4 Å². The quantitative estimate of drug-likeness (QED) is 0.314. The van der Waals surface area contributed by atoms with Gasteiger partial charge in [-0.25, -0.2) is 13.2 Å². The highest BCUT2D eigenvalue weighted by Gasteiger charge is 2.29. The van der Waals surface area contributed by atoms with Crippen molar-refractivity contribution in [2.45, 2.75) is 9.79 Å². The van der Waals surface area contributed by atoms with Crippen LogP contribution in [0.25, 0.3) is 0 Å². The first-order chi connectivity index (χ1) is 14.6. The molecule has 3 aromatic carbocycles. The minimum absolute atomic E-state index is 0.0125. The van der Waals surface area contributed by atoms with Gasteiger partial charge in [-0.05, 0) is 36.4 Å². The van der Waals surface area contributed by atoms with Gasteiger partial charge in [-0.3, -0.25) is 4.79 Å². The highest BCUT2D eigenvalue weighted by molar-refractivity contribution is 7.91. The van der Waals surface area contributed by atoms with Crippen molar-refractivity contribution in [2.75, 3.05) is 5.32 Å². The number of sulfone groups is 1. The van der Waals surface area contributed by atoms with Gasteiger partial charge in [0.25, 0.3) is 5.91 Å². The third kappa shape index (κ3) is 4.51. The van der Waals surface area contributed by atoms with E-state index in [2.05, 4.69) is 5.32 Å². The van der Waals surface area contributed by atoms with Crippen LogP contribution < -0.4 is 5.32 Å². The Morgan fingerprint density at radius 2 is 1.19 bits per heavy atom. The van der Waals surface area contributed by atoms with Gasteiger partial charge in [0, 0.05) is 5.69 Å². The van der Waals surface area contributed by atoms with Gasteiger partial charge in [0.05, 0.1) is 41.0 Å². The number of benzene rings is 3. The molecular weight excluding hydrogens is 508 g/mol. The normalized spacial score (nSPS) is 11.2. The minimum Gasteiger partial charge on any atom is -0.478 e. The van der Waals surface area contributed by atoms with Crippen molar-refractivity contribution < 1.29 is 23.1 Å². The summed E-state index contributed by atoms with van der Waals surface area (Å²) < 4.78 is 25.3. The summed E-state index contributed by atoms with van der Waals surface area (Å²) in [5, 5.41) is 10.5. The number of carbonyl (C=O) groups excluding carboxylic acids is 1. The Labute approximate surface area is 197 Å². The lowest BCUT2D eigenvalue weighted by Crippen LogP contribution is -2.18. The van der Waals surface area contributed by atoms with Gasteiger partial charge >= 0.3 is 5.97 Å². The summed E-state index contributed by atoms with van der Waals surface area (Å²) in [7, 11) is -3.74. The Kier molecular flexibility index (Phi) is 6.83. The largest absolute Gasteiger partial charge is 0.478 e. The Hall–Kier alpha value is -2.29. The third-order valence-electron chi connectivity index (χ3n) is 4.18. The average Bonchev–Trinajstić information content (AvgIpc) is 2.75. The van der Waals surface area contributed by atoms with Crippen molar-refractivity contribution >= 4 is 73.8 Å². The molecule has 2 N–H and O–H groups in total. The first kappa shape index (κ1) is 23.4. The number of rotatable bonds is 5. The van der Waals surface area contributed by atoms with Crippen molar-refractivity contribution in [3.05, 3.63) is 85.8 Å². The monoisotopic (exact) mass is 517 g/mol. The maximum atomic E-state index is 12.7. The summed E-state index contributed by atoms with van der Waals surface area (Å²) in [6.45, 7) is 0. The van der Waals surface area contributed by atoms with Crippen molar-refractivity contribution in [2.24, 2.45) is 0 Å². The Balaban J connectivity index is 1.95. The second-order valence-corrected chi connectivity index (χ2v) is 9.57. The van der Waals surface area contributed by atoms with E-state index in [1.807, 2.05) is 0 Å². The zero-order valence-corrected chi connectivity index (χ0v) is 19.0. The topological polar surface area (TPSA) is 101 Å². The molecule has 0 aliphatic carbocycles. The first-order valence-corrected chi connectivity index (χ1v) is 11.4. The molecular formula is C20H11Cl4NO5S. The van der Waals surface area contributed by atoms with Gasteiger partial charge in [0.1, 0.15) is 0 Å². The van der Waals surface area contributed by atoms with Gasteiger partial charge in [0.2, 0.25) is 9.84 Å². The highest BCUT2D eigenvalue weighted by atomic mass is 35.5. The summed E-state index contributed by atoms with van der Waals surface area (Å²) in [6.07, 6.45) is 0. The van der Waals surface area contributed by atoms with Crippen LogP contribution >= 0.6 is 46.4 Å². The number of nitrogens with one attached hydrogen (secondary N) is 1. The molecule has 0 saturated heterocycles. The smallest absolute Gasteiger partial charge is 0.338 e. The summed E-state index contributed by atoms with van der Waals surface area (Å²) in [5.41, 5.74) is -0.900. The summed E-state index contributed by atoms with van der Waals surface area (Å²) >= 11 is 23.8. The van der Waals surface area contributed by atoms with Crippen LogP contribution in [-0.2, 0) is 9.84 Å². The maximum Gasteiger partial charge on any atom is 0.338 e. The predicted molar refractivity (Wildman–Crippen MR) is 120 cm³/mol. The van der Waals surface area contributed by atoms with E-state index in [9.17, 15) is 23.1 Å². The molecule has 0 saturated carbocycles. The second-order valence-electron chi connectivity index (χ2n) is 6.11. The Morgan fingerprint density at radius 1 is 0.710 bits per heavy atom. The van der Waals surface area contributed by atoms with Crippen LogP contribution in [0.3, 0.4) is 0 Å². The fourth-order valence-electron chi connectivity index (χ4n) is 2.69. The molecule has 31 heavy (non-hydrogen) atoms. The van der Waals surface area contributed by atoms with Crippen LogP contribution in [0.2, 0.25) is 20.1 Å². The molecule has 1 amide bonds. The maximum absolute atomic E-state index is 12.7. The number of hydrogen-bond donors (Lipinski definition) is 2. The number of carbonyl (C=O) groups is 2. The molecule has 0 bridgehead atoms. The molecule has 0 atom stereocenters. The Morgan fingerprint density at radius 3 is 1.71 bits per heavy atom. The molecule has 11 heteroatoms. The van der Waals surface area contributed by atoms with Gasteiger partial charge in [-0.1, -0.05) is 64.6 Å². The second kappa shape index (κ2) is 9.06. The summed E-state index contributed by atoms with van der Waals surface area (Å²) in [4.78, 5) is 24.5. The number of anilines is 1. The molecule has 0 radical (unpaired) electrons. The van der Waals surface area contributed by atoms with Crippen LogP contribution in [0.15, 0.2) is 64.4 Å². The molecule has 160 valence electrons. The molecule has 0 aromatic heterocycles. The summed E-state index contributed by atoms with van der Waals surface area (Å²) in [6, 6.07) is 13.1. The van der Waals surface area contributed by atoms with Crippen LogP contribution in [0, 0.1) is 0 Å². The van der Waals surface area contributed by atoms with E-state index in [1.165, 1.54) is 36.4 Å². The minimum atomic E-state index is -3.74. The van der Waals surface area contributed by atoms with Gasteiger partial charge in [-0.15, -0.1) is 0 Å². The van der Waals surface area contributed by atoms with E-state index in [0.29, 0.717) is 0 Å². The standard InChI is InChI=1S/C20H11Cl4NO5S/c21-15-13(14(20(27)28)16(22)18(24)17(15)23)19(26)25-10-6-8-12(9-7-10)31(29,30)11-4-2-1-3-5-11/h1-9H,(H,25,26)(H,27,28). The SMILES string of the molecule is O=C(O)c1c(Cl)c(Cl)c(Cl)c(Cl)c1C(=O)Nc1ccc(S(=O)(=O)c2ccccc2)cc1. The van der Waals surface area contributed by atoms with Crippen molar-refractivity contribution in [1.82, 2.24) is 0 Å². The number of hydrogen-bond acceptors (Lipinski definition) is 4. The van der Waals surface area contributed by atoms with E-state index in [-0.39, 0.29) is 30.5 Å². The molecule has 3 rings (SSSR count). The van der Waals surface area contributed by atoms with Crippen molar-refractivity contribution in [3.63, 3.8) is 0 Å². The Bertz CT molecular complexity index is 1290. The third-order valence-corrected chi connectivity index (χ3v) is 7.77. The lowest BCUT2D eigenvalue weighted by Gasteiger charge is -2.14. The fraction of sp³-hybridized carbons (Fsp3) is 0. The molecule has 0 aliphatic heterocycles. The van der Waals surface area contributed by atoms with Crippen molar-refractivity contribution in [3.8, 4) is 0 Å². The van der Waals surface area contributed by atoms with Crippen LogP contribution in [0.1, 0.15) is 20.7 Å². The lowest BCUT2D eigenvalue weighted by molar-refractivity contribution is 0.0692.